The van der Waals surface area contributed by atoms with Gasteiger partial charge in [0, 0.05) is 18.5 Å². The van der Waals surface area contributed by atoms with E-state index in [-0.39, 0.29) is 5.69 Å². The van der Waals surface area contributed by atoms with Gasteiger partial charge in [-0.3, -0.25) is 0 Å². The van der Waals surface area contributed by atoms with E-state index < -0.39 is 23.2 Å². The number of carboxylic acid groups (broad SMARTS) is 1. The number of rotatable bonds is 5. The SMILES string of the molecule is CN(CCc1cccs1)c1ccc(C(=O)O)c(F)c1F. The number of carbonyl (C=O) groups is 1. The Labute approximate surface area is 119 Å². The highest BCUT2D eigenvalue weighted by Crippen LogP contribution is 2.24. The van der Waals surface area contributed by atoms with E-state index in [9.17, 15) is 13.6 Å². The van der Waals surface area contributed by atoms with Gasteiger partial charge in [0.1, 0.15) is 0 Å². The third-order valence-corrected chi connectivity index (χ3v) is 3.91. The fourth-order valence-electron chi connectivity index (χ4n) is 1.85. The van der Waals surface area contributed by atoms with Crippen LogP contribution in [0.3, 0.4) is 0 Å². The van der Waals surface area contributed by atoms with Crippen LogP contribution in [0.1, 0.15) is 15.2 Å². The van der Waals surface area contributed by atoms with Gasteiger partial charge in [-0.2, -0.15) is 0 Å². The zero-order valence-corrected chi connectivity index (χ0v) is 11.6. The van der Waals surface area contributed by atoms with Crippen molar-refractivity contribution in [3.8, 4) is 0 Å². The molecule has 1 aromatic heterocycles. The number of nitrogens with zero attached hydrogens (tertiary/aromatic N) is 1. The maximum absolute atomic E-state index is 13.9. The van der Waals surface area contributed by atoms with E-state index in [4.69, 9.17) is 5.11 Å². The van der Waals surface area contributed by atoms with Crippen molar-refractivity contribution in [3.63, 3.8) is 0 Å². The lowest BCUT2D eigenvalue weighted by atomic mass is 10.1. The summed E-state index contributed by atoms with van der Waals surface area (Å²) in [4.78, 5) is 13.4. The summed E-state index contributed by atoms with van der Waals surface area (Å²) in [5.41, 5.74) is -0.595. The predicted octanol–water partition coefficient (Wildman–Crippen LogP) is 3.40. The van der Waals surface area contributed by atoms with Crippen LogP contribution in [0.4, 0.5) is 14.5 Å². The Balaban J connectivity index is 2.16. The van der Waals surface area contributed by atoms with Crippen molar-refractivity contribution in [2.45, 2.75) is 6.42 Å². The van der Waals surface area contributed by atoms with Gasteiger partial charge in [0.25, 0.3) is 0 Å². The molecule has 3 nitrogen and oxygen atoms in total. The molecule has 0 saturated heterocycles. The molecule has 1 aromatic carbocycles. The van der Waals surface area contributed by atoms with Gasteiger partial charge in [0.2, 0.25) is 0 Å². The van der Waals surface area contributed by atoms with Crippen LogP contribution in [0.2, 0.25) is 0 Å². The molecule has 0 amide bonds. The van der Waals surface area contributed by atoms with E-state index in [1.165, 1.54) is 6.07 Å². The Morgan fingerprint density at radius 3 is 2.65 bits per heavy atom. The lowest BCUT2D eigenvalue weighted by Crippen LogP contribution is -2.22. The van der Waals surface area contributed by atoms with Crippen LogP contribution in [-0.4, -0.2) is 24.7 Å². The number of halogens is 2. The predicted molar refractivity (Wildman–Crippen MR) is 74.6 cm³/mol. The van der Waals surface area contributed by atoms with E-state index in [1.807, 2.05) is 17.5 Å². The second-order valence-electron chi connectivity index (χ2n) is 4.32. The van der Waals surface area contributed by atoms with E-state index in [0.29, 0.717) is 6.54 Å². The molecule has 20 heavy (non-hydrogen) atoms. The molecule has 0 fully saturated rings. The lowest BCUT2D eigenvalue weighted by molar-refractivity contribution is 0.0690. The molecule has 2 aromatic rings. The molecule has 2 rings (SSSR count). The monoisotopic (exact) mass is 297 g/mol. The van der Waals surface area contributed by atoms with Crippen molar-refractivity contribution < 1.29 is 18.7 Å². The quantitative estimate of drug-likeness (QED) is 0.919. The molecule has 106 valence electrons. The maximum Gasteiger partial charge on any atom is 0.338 e. The molecular formula is C14H13F2NO2S. The van der Waals surface area contributed by atoms with Crippen molar-refractivity contribution in [3.05, 3.63) is 51.7 Å². The summed E-state index contributed by atoms with van der Waals surface area (Å²) in [6, 6.07) is 6.28. The second kappa shape index (κ2) is 6.00. The molecule has 6 heteroatoms. The highest BCUT2D eigenvalue weighted by atomic mass is 32.1. The highest BCUT2D eigenvalue weighted by Gasteiger charge is 2.19. The average Bonchev–Trinajstić information content (AvgIpc) is 2.92. The van der Waals surface area contributed by atoms with Crippen LogP contribution in [0, 0.1) is 11.6 Å². The summed E-state index contributed by atoms with van der Waals surface area (Å²) in [7, 11) is 1.64. The average molecular weight is 297 g/mol. The second-order valence-corrected chi connectivity index (χ2v) is 5.35. The molecular weight excluding hydrogens is 284 g/mol. The molecule has 0 spiro atoms. The van der Waals surface area contributed by atoms with E-state index in [2.05, 4.69) is 0 Å². The Hall–Kier alpha value is -1.95. The Morgan fingerprint density at radius 1 is 1.30 bits per heavy atom. The van der Waals surface area contributed by atoms with Gasteiger partial charge in [-0.15, -0.1) is 11.3 Å². The molecule has 0 unspecified atom stereocenters. The first-order valence-electron chi connectivity index (χ1n) is 5.95. The van der Waals surface area contributed by atoms with Gasteiger partial charge in [0.05, 0.1) is 11.3 Å². The minimum absolute atomic E-state index is 0.0593. The fraction of sp³-hybridized carbons (Fsp3) is 0.214. The summed E-state index contributed by atoms with van der Waals surface area (Å²) < 4.78 is 27.5. The number of hydrogen-bond donors (Lipinski definition) is 1. The number of thiophene rings is 1. The van der Waals surface area contributed by atoms with E-state index in [0.717, 1.165) is 17.4 Å². The van der Waals surface area contributed by atoms with Gasteiger partial charge in [-0.05, 0) is 30.0 Å². The zero-order chi connectivity index (χ0) is 14.7. The number of likely N-dealkylation sites (N-methyl/N-ethyl adjacent to an activating group) is 1. The normalized spacial score (nSPS) is 10.6. The fourth-order valence-corrected chi connectivity index (χ4v) is 2.55. The van der Waals surface area contributed by atoms with Gasteiger partial charge >= 0.3 is 5.97 Å². The van der Waals surface area contributed by atoms with Gasteiger partial charge in [-0.1, -0.05) is 6.07 Å². The summed E-state index contributed by atoms with van der Waals surface area (Å²) in [6.07, 6.45) is 0.718. The molecule has 0 aliphatic heterocycles. The Morgan fingerprint density at radius 2 is 2.05 bits per heavy atom. The van der Waals surface area contributed by atoms with Crippen molar-refractivity contribution in [1.82, 2.24) is 0 Å². The molecule has 0 aliphatic carbocycles. The smallest absolute Gasteiger partial charge is 0.338 e. The van der Waals surface area contributed by atoms with Gasteiger partial charge in [0.15, 0.2) is 11.6 Å². The van der Waals surface area contributed by atoms with Crippen LogP contribution in [0.5, 0.6) is 0 Å². The topological polar surface area (TPSA) is 40.5 Å². The standard InChI is InChI=1S/C14H13F2NO2S/c1-17(7-6-9-3-2-8-20-9)11-5-4-10(14(18)19)12(15)13(11)16/h2-5,8H,6-7H2,1H3,(H,18,19). The van der Waals surface area contributed by atoms with Crippen molar-refractivity contribution >= 4 is 23.0 Å². The van der Waals surface area contributed by atoms with Crippen LogP contribution in [-0.2, 0) is 6.42 Å². The van der Waals surface area contributed by atoms with Crippen molar-refractivity contribution in [1.29, 1.82) is 0 Å². The Kier molecular flexibility index (Phi) is 4.34. The van der Waals surface area contributed by atoms with E-state index >= 15 is 0 Å². The number of anilines is 1. The largest absolute Gasteiger partial charge is 0.478 e. The zero-order valence-electron chi connectivity index (χ0n) is 10.8. The number of hydrogen-bond acceptors (Lipinski definition) is 3. The van der Waals surface area contributed by atoms with Crippen molar-refractivity contribution in [2.75, 3.05) is 18.5 Å². The highest BCUT2D eigenvalue weighted by molar-refractivity contribution is 7.09. The van der Waals surface area contributed by atoms with Gasteiger partial charge in [-0.25, -0.2) is 13.6 Å². The van der Waals surface area contributed by atoms with Crippen LogP contribution < -0.4 is 4.90 Å². The first-order valence-corrected chi connectivity index (χ1v) is 6.83. The molecule has 1 heterocycles. The van der Waals surface area contributed by atoms with Crippen LogP contribution in [0.15, 0.2) is 29.6 Å². The van der Waals surface area contributed by atoms with Crippen LogP contribution >= 0.6 is 11.3 Å². The molecule has 0 saturated carbocycles. The minimum atomic E-state index is -1.48. The first-order chi connectivity index (χ1) is 9.50. The summed E-state index contributed by atoms with van der Waals surface area (Å²) in [5.74, 6) is -3.93. The molecule has 0 aliphatic rings. The lowest BCUT2D eigenvalue weighted by Gasteiger charge is -2.20. The minimum Gasteiger partial charge on any atom is -0.478 e. The molecule has 0 atom stereocenters. The van der Waals surface area contributed by atoms with Crippen molar-refractivity contribution in [2.24, 2.45) is 0 Å². The first kappa shape index (κ1) is 14.5. The summed E-state index contributed by atoms with van der Waals surface area (Å²) in [5, 5.41) is 10.7. The van der Waals surface area contributed by atoms with Gasteiger partial charge < -0.3 is 10.0 Å². The third kappa shape index (κ3) is 2.96. The summed E-state index contributed by atoms with van der Waals surface area (Å²) >= 11 is 1.60. The summed E-state index contributed by atoms with van der Waals surface area (Å²) in [6.45, 7) is 0.517. The van der Waals surface area contributed by atoms with Crippen LogP contribution in [0.25, 0.3) is 0 Å². The number of benzene rings is 1. The third-order valence-electron chi connectivity index (χ3n) is 2.98. The number of carboxylic acids is 1. The molecule has 0 bridgehead atoms. The molecule has 1 N–H and O–H groups in total. The maximum atomic E-state index is 13.9. The van der Waals surface area contributed by atoms with E-state index in [1.54, 1.807) is 23.3 Å². The number of aromatic carboxylic acids is 1. The molecule has 0 radical (unpaired) electrons. The Bertz CT molecular complexity index is 614.